The summed E-state index contributed by atoms with van der Waals surface area (Å²) in [5.74, 6) is 0. The molecule has 0 unspecified atom stereocenters. The Balaban J connectivity index is 2.26. The van der Waals surface area contributed by atoms with Crippen molar-refractivity contribution in [1.29, 1.82) is 0 Å². The van der Waals surface area contributed by atoms with E-state index in [1.54, 1.807) is 0 Å². The number of hydrogen-bond acceptors (Lipinski definition) is 2. The second kappa shape index (κ2) is 5.30. The summed E-state index contributed by atoms with van der Waals surface area (Å²) in [5.41, 5.74) is 1.68. The molecular formula is C13H18BrNO. The van der Waals surface area contributed by atoms with Crippen LogP contribution in [-0.2, 0) is 10.2 Å². The van der Waals surface area contributed by atoms with E-state index < -0.39 is 0 Å². The highest BCUT2D eigenvalue weighted by Crippen LogP contribution is 2.34. The van der Waals surface area contributed by atoms with Crippen LogP contribution >= 0.6 is 15.9 Å². The lowest BCUT2D eigenvalue weighted by atomic mass is 9.74. The lowest BCUT2D eigenvalue weighted by Crippen LogP contribution is -2.41. The first-order valence-electron chi connectivity index (χ1n) is 5.75. The molecule has 0 atom stereocenters. The summed E-state index contributed by atoms with van der Waals surface area (Å²) in [5, 5.41) is 3.32. The Kier molecular flexibility index (Phi) is 4.00. The van der Waals surface area contributed by atoms with E-state index in [9.17, 15) is 0 Å². The molecule has 0 aliphatic carbocycles. The molecule has 1 aliphatic rings. The molecule has 1 heterocycles. The Bertz CT molecular complexity index is 325. The Morgan fingerprint density at radius 2 is 1.88 bits per heavy atom. The smallest absolute Gasteiger partial charge is 0.0475 e. The van der Waals surface area contributed by atoms with E-state index in [1.807, 2.05) is 7.05 Å². The van der Waals surface area contributed by atoms with Crippen LogP contribution in [0.1, 0.15) is 18.4 Å². The minimum Gasteiger partial charge on any atom is -0.381 e. The maximum atomic E-state index is 5.48. The molecule has 2 rings (SSSR count). The molecule has 1 fully saturated rings. The molecular weight excluding hydrogens is 266 g/mol. The second-order valence-electron chi connectivity index (χ2n) is 4.43. The molecule has 0 amide bonds. The SMILES string of the molecule is CNCC1(c2ccc(Br)cc2)CCOCC1. The van der Waals surface area contributed by atoms with Gasteiger partial charge in [0.05, 0.1) is 0 Å². The number of hydrogen-bond donors (Lipinski definition) is 1. The van der Waals surface area contributed by atoms with Gasteiger partial charge < -0.3 is 10.1 Å². The van der Waals surface area contributed by atoms with E-state index in [-0.39, 0.29) is 5.41 Å². The van der Waals surface area contributed by atoms with Crippen LogP contribution in [0.25, 0.3) is 0 Å². The largest absolute Gasteiger partial charge is 0.381 e. The van der Waals surface area contributed by atoms with Crippen LogP contribution in [0.2, 0.25) is 0 Å². The highest BCUT2D eigenvalue weighted by molar-refractivity contribution is 9.10. The van der Waals surface area contributed by atoms with Gasteiger partial charge in [-0.05, 0) is 37.6 Å². The van der Waals surface area contributed by atoms with Gasteiger partial charge in [-0.1, -0.05) is 28.1 Å². The normalized spacial score (nSPS) is 19.6. The Morgan fingerprint density at radius 1 is 1.25 bits per heavy atom. The molecule has 1 aromatic rings. The van der Waals surface area contributed by atoms with Crippen LogP contribution in [0.15, 0.2) is 28.7 Å². The molecule has 1 aliphatic heterocycles. The first-order valence-corrected chi connectivity index (χ1v) is 6.54. The number of rotatable bonds is 3. The topological polar surface area (TPSA) is 21.3 Å². The van der Waals surface area contributed by atoms with Crippen molar-refractivity contribution in [1.82, 2.24) is 5.32 Å². The average Bonchev–Trinajstić information content (AvgIpc) is 2.31. The van der Waals surface area contributed by atoms with Crippen LogP contribution in [0.5, 0.6) is 0 Å². The van der Waals surface area contributed by atoms with Crippen LogP contribution in [0, 0.1) is 0 Å². The quantitative estimate of drug-likeness (QED) is 0.921. The molecule has 1 N–H and O–H groups in total. The molecule has 3 heteroatoms. The van der Waals surface area contributed by atoms with Gasteiger partial charge >= 0.3 is 0 Å². The van der Waals surface area contributed by atoms with Crippen molar-refractivity contribution >= 4 is 15.9 Å². The van der Waals surface area contributed by atoms with Crippen LogP contribution in [0.4, 0.5) is 0 Å². The first kappa shape index (κ1) is 12.1. The maximum absolute atomic E-state index is 5.48. The lowest BCUT2D eigenvalue weighted by Gasteiger charge is -2.37. The van der Waals surface area contributed by atoms with E-state index in [2.05, 4.69) is 45.5 Å². The Labute approximate surface area is 106 Å². The van der Waals surface area contributed by atoms with Crippen molar-refractivity contribution in [3.05, 3.63) is 34.3 Å². The molecule has 1 saturated heterocycles. The molecule has 0 bridgehead atoms. The van der Waals surface area contributed by atoms with E-state index in [0.29, 0.717) is 0 Å². The number of halogens is 1. The molecule has 0 aromatic heterocycles. The van der Waals surface area contributed by atoms with Crippen molar-refractivity contribution in [3.63, 3.8) is 0 Å². The van der Waals surface area contributed by atoms with Gasteiger partial charge in [0.15, 0.2) is 0 Å². The summed E-state index contributed by atoms with van der Waals surface area (Å²) >= 11 is 3.49. The van der Waals surface area contributed by atoms with Gasteiger partial charge in [0.1, 0.15) is 0 Å². The van der Waals surface area contributed by atoms with Crippen molar-refractivity contribution in [2.75, 3.05) is 26.8 Å². The van der Waals surface area contributed by atoms with E-state index in [1.165, 1.54) is 5.56 Å². The minimum atomic E-state index is 0.258. The molecule has 88 valence electrons. The van der Waals surface area contributed by atoms with Gasteiger partial charge in [0.2, 0.25) is 0 Å². The third kappa shape index (κ3) is 2.47. The lowest BCUT2D eigenvalue weighted by molar-refractivity contribution is 0.0506. The molecule has 1 aromatic carbocycles. The van der Waals surface area contributed by atoms with E-state index >= 15 is 0 Å². The summed E-state index contributed by atoms with van der Waals surface area (Å²) in [7, 11) is 2.02. The number of likely N-dealkylation sites (N-methyl/N-ethyl adjacent to an activating group) is 1. The summed E-state index contributed by atoms with van der Waals surface area (Å²) in [6, 6.07) is 8.71. The molecule has 16 heavy (non-hydrogen) atoms. The summed E-state index contributed by atoms with van der Waals surface area (Å²) in [6.07, 6.45) is 2.21. The monoisotopic (exact) mass is 283 g/mol. The predicted molar refractivity (Wildman–Crippen MR) is 69.8 cm³/mol. The first-order chi connectivity index (χ1) is 7.77. The molecule has 0 spiro atoms. The number of benzene rings is 1. The molecule has 2 nitrogen and oxygen atoms in total. The van der Waals surface area contributed by atoms with E-state index in [0.717, 1.165) is 37.1 Å². The van der Waals surface area contributed by atoms with Crippen molar-refractivity contribution < 1.29 is 4.74 Å². The summed E-state index contributed by atoms with van der Waals surface area (Å²) in [4.78, 5) is 0. The maximum Gasteiger partial charge on any atom is 0.0475 e. The zero-order valence-electron chi connectivity index (χ0n) is 9.63. The highest BCUT2D eigenvalue weighted by atomic mass is 79.9. The predicted octanol–water partition coefficient (Wildman–Crippen LogP) is 2.72. The third-order valence-electron chi connectivity index (χ3n) is 3.42. The summed E-state index contributed by atoms with van der Waals surface area (Å²) < 4.78 is 6.62. The van der Waals surface area contributed by atoms with E-state index in [4.69, 9.17) is 4.74 Å². The van der Waals surface area contributed by atoms with Crippen molar-refractivity contribution in [2.24, 2.45) is 0 Å². The minimum absolute atomic E-state index is 0.258. The van der Waals surface area contributed by atoms with Gasteiger partial charge in [-0.2, -0.15) is 0 Å². The van der Waals surface area contributed by atoms with Gasteiger partial charge in [-0.25, -0.2) is 0 Å². The standard InChI is InChI=1S/C13H18BrNO/c1-15-10-13(6-8-16-9-7-13)11-2-4-12(14)5-3-11/h2-5,15H,6-10H2,1H3. The van der Waals surface area contributed by atoms with Crippen LogP contribution in [0.3, 0.4) is 0 Å². The van der Waals surface area contributed by atoms with Gasteiger partial charge in [-0.3, -0.25) is 0 Å². The molecule has 0 saturated carbocycles. The van der Waals surface area contributed by atoms with Crippen molar-refractivity contribution in [2.45, 2.75) is 18.3 Å². The second-order valence-corrected chi connectivity index (χ2v) is 5.35. The van der Waals surface area contributed by atoms with Crippen LogP contribution < -0.4 is 5.32 Å². The van der Waals surface area contributed by atoms with Gasteiger partial charge in [0, 0.05) is 29.6 Å². The average molecular weight is 284 g/mol. The fraction of sp³-hybridized carbons (Fsp3) is 0.538. The van der Waals surface area contributed by atoms with Crippen LogP contribution in [-0.4, -0.2) is 26.8 Å². The number of ether oxygens (including phenoxy) is 1. The number of nitrogens with one attached hydrogen (secondary N) is 1. The summed E-state index contributed by atoms with van der Waals surface area (Å²) in [6.45, 7) is 2.77. The Morgan fingerprint density at radius 3 is 2.44 bits per heavy atom. The van der Waals surface area contributed by atoms with Crippen molar-refractivity contribution in [3.8, 4) is 0 Å². The third-order valence-corrected chi connectivity index (χ3v) is 3.95. The zero-order valence-corrected chi connectivity index (χ0v) is 11.2. The highest BCUT2D eigenvalue weighted by Gasteiger charge is 2.33. The fourth-order valence-corrected chi connectivity index (χ4v) is 2.74. The zero-order chi connectivity index (χ0) is 11.4. The van der Waals surface area contributed by atoms with Gasteiger partial charge in [0.25, 0.3) is 0 Å². The molecule has 0 radical (unpaired) electrons. The van der Waals surface area contributed by atoms with Gasteiger partial charge in [-0.15, -0.1) is 0 Å². The Hall–Kier alpha value is -0.380. The fourth-order valence-electron chi connectivity index (χ4n) is 2.47.